The zero-order valence-electron chi connectivity index (χ0n) is 46.1. The van der Waals surface area contributed by atoms with E-state index in [1.165, 1.54) is 50.2 Å². The maximum atomic E-state index is 7.22. The van der Waals surface area contributed by atoms with E-state index in [9.17, 15) is 0 Å². The second-order valence-corrected chi connectivity index (χ2v) is 23.9. The molecule has 0 N–H and O–H groups in total. The first-order chi connectivity index (χ1) is 33.0. The quantitative estimate of drug-likeness (QED) is 0.108. The van der Waals surface area contributed by atoms with Crippen molar-refractivity contribution in [2.45, 2.75) is 165 Å². The van der Waals surface area contributed by atoms with Crippen molar-refractivity contribution >= 4 is 28.7 Å². The second-order valence-electron chi connectivity index (χ2n) is 23.9. The Hall–Kier alpha value is -4.99. The molecular weight excluding hydrogens is 1050 g/mol. The summed E-state index contributed by atoms with van der Waals surface area (Å²) in [7, 11) is 0. The van der Waals surface area contributed by atoms with Crippen molar-refractivity contribution < 1.29 is 25.8 Å². The molecule has 0 amide bonds. The zero-order chi connectivity index (χ0) is 50.7. The zero-order valence-corrected chi connectivity index (χ0v) is 48.3. The number of hydrogen-bond donors (Lipinski definition) is 0. The van der Waals surface area contributed by atoms with E-state index >= 15 is 0 Å². The molecule has 2 aliphatic rings. The van der Waals surface area contributed by atoms with Gasteiger partial charge in [-0.25, -0.2) is 4.98 Å². The van der Waals surface area contributed by atoms with Gasteiger partial charge in [-0.2, -0.15) is 5.56 Å². The monoisotopic (exact) mass is 1130 g/mol. The Bertz CT molecular complexity index is 2850. The largest absolute Gasteiger partial charge is 2.00 e. The molecule has 5 aromatic carbocycles. The predicted octanol–water partition coefficient (Wildman–Crippen LogP) is 17.9. The molecule has 1 atom stereocenters. The van der Waals surface area contributed by atoms with Gasteiger partial charge in [0, 0.05) is 46.6 Å². The average Bonchev–Trinajstić information content (AvgIpc) is 3.71. The van der Waals surface area contributed by atoms with Gasteiger partial charge in [0.2, 0.25) is 0 Å². The number of pyridine rings is 1. The van der Waals surface area contributed by atoms with Crippen LogP contribution in [0.5, 0.6) is 11.5 Å². The Morgan fingerprint density at radius 2 is 1.24 bits per heavy atom. The molecular formula is C65H80N4OPt. The van der Waals surface area contributed by atoms with Crippen molar-refractivity contribution in [1.82, 2.24) is 4.98 Å². The number of aryl methyl sites for hydroxylation is 1. The van der Waals surface area contributed by atoms with Gasteiger partial charge in [-0.15, -0.1) is 29.8 Å². The van der Waals surface area contributed by atoms with Gasteiger partial charge in [-0.3, -0.25) is 0 Å². The van der Waals surface area contributed by atoms with Crippen LogP contribution in [0, 0.1) is 36.8 Å². The van der Waals surface area contributed by atoms with Gasteiger partial charge in [-0.05, 0) is 97.9 Å². The normalized spacial score (nSPS) is 15.6. The molecule has 6 heteroatoms. The fourth-order valence-corrected chi connectivity index (χ4v) is 11.6. The van der Waals surface area contributed by atoms with Crippen molar-refractivity contribution in [3.05, 3.63) is 159 Å². The summed E-state index contributed by atoms with van der Waals surface area (Å²) in [5, 5.41) is 0. The summed E-state index contributed by atoms with van der Waals surface area (Å²) in [4.78, 5) is 15.8. The van der Waals surface area contributed by atoms with Crippen LogP contribution < -0.4 is 14.5 Å². The number of benzene rings is 5. The van der Waals surface area contributed by atoms with Crippen LogP contribution in [0.1, 0.15) is 191 Å². The van der Waals surface area contributed by atoms with Crippen molar-refractivity contribution in [3.8, 4) is 22.6 Å². The van der Waals surface area contributed by atoms with E-state index in [2.05, 4.69) is 238 Å². The molecule has 0 aliphatic carbocycles. The van der Waals surface area contributed by atoms with Crippen LogP contribution >= 0.6 is 0 Å². The summed E-state index contributed by atoms with van der Waals surface area (Å²) in [5.41, 5.74) is 16.5. The predicted molar refractivity (Wildman–Crippen MR) is 298 cm³/mol. The first-order valence-corrected chi connectivity index (χ1v) is 26.3. The summed E-state index contributed by atoms with van der Waals surface area (Å²) >= 11 is 0. The van der Waals surface area contributed by atoms with Crippen LogP contribution in [-0.2, 0) is 31.9 Å². The number of aliphatic imine (C=N–C) groups is 1. The Morgan fingerprint density at radius 3 is 1.80 bits per heavy atom. The minimum Gasteiger partial charge on any atom is -0.503 e. The number of hydrogen-bond acceptors (Lipinski definition) is 5. The third-order valence-corrected chi connectivity index (χ3v) is 15.1. The third-order valence-electron chi connectivity index (χ3n) is 15.1. The fourth-order valence-electron chi connectivity index (χ4n) is 11.6. The van der Waals surface area contributed by atoms with E-state index in [0.717, 1.165) is 46.3 Å². The summed E-state index contributed by atoms with van der Waals surface area (Å²) < 4.78 is 7.22. The molecule has 1 aromatic heterocycles. The van der Waals surface area contributed by atoms with Crippen molar-refractivity contribution in [2.24, 2.45) is 22.7 Å². The molecule has 5 nitrogen and oxygen atoms in total. The summed E-state index contributed by atoms with van der Waals surface area (Å²) in [6.07, 6.45) is 1.90. The number of aromatic nitrogens is 1. The van der Waals surface area contributed by atoms with E-state index in [1.54, 1.807) is 0 Å². The van der Waals surface area contributed by atoms with Crippen LogP contribution in [0.4, 0.5) is 22.9 Å². The first-order valence-electron chi connectivity index (χ1n) is 26.3. The number of para-hydroxylation sites is 1. The van der Waals surface area contributed by atoms with E-state index in [1.807, 2.05) is 6.20 Å². The van der Waals surface area contributed by atoms with Crippen LogP contribution in [0.3, 0.4) is 0 Å². The van der Waals surface area contributed by atoms with Gasteiger partial charge < -0.3 is 19.5 Å². The van der Waals surface area contributed by atoms with Crippen LogP contribution in [0.15, 0.2) is 102 Å². The number of anilines is 4. The topological polar surface area (TPSA) is 41.0 Å². The van der Waals surface area contributed by atoms with Gasteiger partial charge in [0.1, 0.15) is 5.82 Å². The fraction of sp³-hybridized carbons (Fsp3) is 0.446. The summed E-state index contributed by atoms with van der Waals surface area (Å²) in [5.74, 6) is 5.73. The molecule has 0 saturated heterocycles. The van der Waals surface area contributed by atoms with Gasteiger partial charge in [-0.1, -0.05) is 203 Å². The standard InChI is InChI=1S/C65H80N4O.Pt/c1-38(2)51-22-19-23-52(39(3)4)60(51)45-32-46(62-67-57(59(42(9)10)43(11)12)37-68(62)61-53(40(5)6)24-20-25-54(61)41(7)8)34-50(33-45)70-49-31-44(13)30-48(36-49)69-58-28-27-47(64(14,15)16)35-56(58)65(17,18)55-26-21-29-66-63(55)69;/h19-33,35,38-43,57,59H,37H2,1-18H3;/q-2;+2/t57-;/m0./s1. The SMILES string of the molecule is Cc1cc(Oc2[c-]c(C3=N[C@H](C(C(C)C)C(C)C)CN3c3c(C(C)C)cccc3C(C)C)cc(-c3c(C(C)C)cccc3C(C)C)c2)[c-]c(N2c3ccc(C(C)(C)C)cc3C(C)(C)c3cccnc32)c1.[Pt+2]. The Labute approximate surface area is 443 Å². The Morgan fingerprint density at radius 1 is 0.662 bits per heavy atom. The average molecular weight is 1130 g/mol. The minimum atomic E-state index is -0.265. The van der Waals surface area contributed by atoms with Crippen LogP contribution in [0.2, 0.25) is 0 Å². The van der Waals surface area contributed by atoms with Gasteiger partial charge in [0.15, 0.2) is 0 Å². The molecule has 8 rings (SSSR count). The number of rotatable bonds is 13. The molecule has 3 heterocycles. The molecule has 376 valence electrons. The third kappa shape index (κ3) is 10.5. The maximum absolute atomic E-state index is 7.22. The molecule has 0 bridgehead atoms. The molecule has 0 saturated carbocycles. The molecule has 0 spiro atoms. The number of ether oxygens (including phenoxy) is 1. The van der Waals surface area contributed by atoms with Gasteiger partial charge in [0.25, 0.3) is 0 Å². The molecule has 0 radical (unpaired) electrons. The van der Waals surface area contributed by atoms with Crippen LogP contribution in [-0.4, -0.2) is 23.4 Å². The van der Waals surface area contributed by atoms with E-state index in [4.69, 9.17) is 14.7 Å². The Kier molecular flexibility index (Phi) is 15.8. The van der Waals surface area contributed by atoms with Crippen molar-refractivity contribution in [1.29, 1.82) is 0 Å². The van der Waals surface area contributed by atoms with E-state index in [-0.39, 0.29) is 37.9 Å². The summed E-state index contributed by atoms with van der Waals surface area (Å²) in [6.45, 7) is 42.4. The van der Waals surface area contributed by atoms with Crippen LogP contribution in [0.25, 0.3) is 11.1 Å². The van der Waals surface area contributed by atoms with E-state index < -0.39 is 0 Å². The maximum Gasteiger partial charge on any atom is 2.00 e. The second kappa shape index (κ2) is 20.9. The van der Waals surface area contributed by atoms with Crippen molar-refractivity contribution in [2.75, 3.05) is 16.3 Å². The minimum absolute atomic E-state index is 0. The molecule has 2 aliphatic heterocycles. The van der Waals surface area contributed by atoms with Gasteiger partial charge in [0.05, 0.1) is 11.9 Å². The van der Waals surface area contributed by atoms with Gasteiger partial charge >= 0.3 is 21.1 Å². The smallest absolute Gasteiger partial charge is 0.503 e. The molecule has 0 unspecified atom stereocenters. The summed E-state index contributed by atoms with van der Waals surface area (Å²) in [6, 6.07) is 41.6. The molecule has 71 heavy (non-hydrogen) atoms. The number of nitrogens with zero attached hydrogens (tertiary/aromatic N) is 4. The van der Waals surface area contributed by atoms with E-state index in [0.29, 0.717) is 52.9 Å². The molecule has 6 aromatic rings. The molecule has 0 fully saturated rings. The number of amidine groups is 1. The first kappa shape index (κ1) is 53.8. The number of fused-ring (bicyclic) bond motifs is 2. The van der Waals surface area contributed by atoms with Crippen molar-refractivity contribution in [3.63, 3.8) is 0 Å². The Balaban J connectivity index is 0.00000741.